The normalized spacial score (nSPS) is 10.4. The van der Waals surface area contributed by atoms with Gasteiger partial charge in [0, 0.05) is 32.9 Å². The fourth-order valence-electron chi connectivity index (χ4n) is 1.91. The second kappa shape index (κ2) is 4.69. The van der Waals surface area contributed by atoms with Gasteiger partial charge in [0.1, 0.15) is 5.69 Å². The molecule has 0 spiro atoms. The summed E-state index contributed by atoms with van der Waals surface area (Å²) in [6.07, 6.45) is 1.99. The number of aromatic nitrogens is 1. The maximum absolute atomic E-state index is 12.0. The van der Waals surface area contributed by atoms with Gasteiger partial charge in [-0.25, -0.2) is 0 Å². The zero-order chi connectivity index (χ0) is 13.3. The maximum Gasteiger partial charge on any atom is 0.269 e. The van der Waals surface area contributed by atoms with Gasteiger partial charge >= 0.3 is 0 Å². The fraction of sp³-hybridized carbons (Fsp3) is 0.267. The molecule has 18 heavy (non-hydrogen) atoms. The number of rotatable bonds is 2. The van der Waals surface area contributed by atoms with Gasteiger partial charge in [0.2, 0.25) is 0 Å². The molecule has 94 valence electrons. The van der Waals surface area contributed by atoms with Gasteiger partial charge in [0.15, 0.2) is 0 Å². The first-order valence-corrected chi connectivity index (χ1v) is 5.94. The molecule has 0 unspecified atom stereocenters. The SMILES string of the molecule is Cc1ccc(-c2cc(C(=O)N(C)C)n(C)c2)cc1. The molecule has 1 heterocycles. The Morgan fingerprint density at radius 1 is 1.11 bits per heavy atom. The predicted octanol–water partition coefficient (Wildman–Crippen LogP) is 2.70. The van der Waals surface area contributed by atoms with Crippen molar-refractivity contribution in [3.05, 3.63) is 47.8 Å². The van der Waals surface area contributed by atoms with Crippen LogP contribution in [0.1, 0.15) is 16.1 Å². The van der Waals surface area contributed by atoms with Gasteiger partial charge in [-0.15, -0.1) is 0 Å². The van der Waals surface area contributed by atoms with E-state index >= 15 is 0 Å². The van der Waals surface area contributed by atoms with Gasteiger partial charge in [-0.3, -0.25) is 4.79 Å². The number of carbonyl (C=O) groups excluding carboxylic acids is 1. The summed E-state index contributed by atoms with van der Waals surface area (Å²) in [5, 5.41) is 0. The highest BCUT2D eigenvalue weighted by Crippen LogP contribution is 2.22. The van der Waals surface area contributed by atoms with Crippen LogP contribution in [0.3, 0.4) is 0 Å². The minimum atomic E-state index is 0.0239. The van der Waals surface area contributed by atoms with E-state index in [0.29, 0.717) is 5.69 Å². The predicted molar refractivity (Wildman–Crippen MR) is 73.6 cm³/mol. The molecule has 3 heteroatoms. The van der Waals surface area contributed by atoms with E-state index in [0.717, 1.165) is 11.1 Å². The third-order valence-electron chi connectivity index (χ3n) is 3.02. The number of nitrogens with zero attached hydrogens (tertiary/aromatic N) is 2. The maximum atomic E-state index is 12.0. The van der Waals surface area contributed by atoms with Crippen LogP contribution in [0.15, 0.2) is 36.5 Å². The summed E-state index contributed by atoms with van der Waals surface area (Å²) >= 11 is 0. The third-order valence-corrected chi connectivity index (χ3v) is 3.02. The van der Waals surface area contributed by atoms with Crippen LogP contribution < -0.4 is 0 Å². The smallest absolute Gasteiger partial charge is 0.269 e. The molecule has 1 aromatic heterocycles. The van der Waals surface area contributed by atoms with Gasteiger partial charge in [-0.1, -0.05) is 29.8 Å². The summed E-state index contributed by atoms with van der Waals surface area (Å²) in [5.74, 6) is 0.0239. The molecule has 0 fully saturated rings. The van der Waals surface area contributed by atoms with Gasteiger partial charge in [0.05, 0.1) is 0 Å². The minimum absolute atomic E-state index is 0.0239. The number of amides is 1. The van der Waals surface area contributed by atoms with Crippen LogP contribution in [0.5, 0.6) is 0 Å². The molecule has 0 saturated heterocycles. The molecule has 3 nitrogen and oxygen atoms in total. The minimum Gasteiger partial charge on any atom is -0.346 e. The lowest BCUT2D eigenvalue weighted by molar-refractivity contribution is 0.0818. The second-order valence-corrected chi connectivity index (χ2v) is 4.79. The first-order valence-electron chi connectivity index (χ1n) is 5.94. The van der Waals surface area contributed by atoms with Crippen LogP contribution in [-0.4, -0.2) is 29.5 Å². The van der Waals surface area contributed by atoms with Crippen molar-refractivity contribution >= 4 is 5.91 Å². The Kier molecular flexibility index (Phi) is 3.24. The van der Waals surface area contributed by atoms with Crippen molar-refractivity contribution in [1.82, 2.24) is 9.47 Å². The number of hydrogen-bond donors (Lipinski definition) is 0. The largest absolute Gasteiger partial charge is 0.346 e. The monoisotopic (exact) mass is 242 g/mol. The lowest BCUT2D eigenvalue weighted by atomic mass is 10.1. The summed E-state index contributed by atoms with van der Waals surface area (Å²) in [4.78, 5) is 13.6. The molecule has 1 aromatic carbocycles. The van der Waals surface area contributed by atoms with Crippen molar-refractivity contribution in [2.75, 3.05) is 14.1 Å². The van der Waals surface area contributed by atoms with Crippen LogP contribution >= 0.6 is 0 Å². The van der Waals surface area contributed by atoms with Gasteiger partial charge in [-0.2, -0.15) is 0 Å². The average Bonchev–Trinajstić information content (AvgIpc) is 2.71. The van der Waals surface area contributed by atoms with E-state index < -0.39 is 0 Å². The summed E-state index contributed by atoms with van der Waals surface area (Å²) in [6, 6.07) is 10.3. The summed E-state index contributed by atoms with van der Waals surface area (Å²) < 4.78 is 1.87. The fourth-order valence-corrected chi connectivity index (χ4v) is 1.91. The van der Waals surface area contributed by atoms with Crippen LogP contribution in [0.25, 0.3) is 11.1 Å². The molecule has 0 radical (unpaired) electrons. The Morgan fingerprint density at radius 3 is 2.28 bits per heavy atom. The van der Waals surface area contributed by atoms with Crippen molar-refractivity contribution in [3.63, 3.8) is 0 Å². The molecule has 1 amide bonds. The van der Waals surface area contributed by atoms with E-state index in [1.54, 1.807) is 19.0 Å². The highest BCUT2D eigenvalue weighted by molar-refractivity contribution is 5.94. The Labute approximate surface area is 108 Å². The molecule has 0 aliphatic heterocycles. The van der Waals surface area contributed by atoms with E-state index in [1.165, 1.54) is 5.56 Å². The lowest BCUT2D eigenvalue weighted by Crippen LogP contribution is -2.23. The Morgan fingerprint density at radius 2 is 1.72 bits per heavy atom. The van der Waals surface area contributed by atoms with Crippen molar-refractivity contribution in [2.45, 2.75) is 6.92 Å². The van der Waals surface area contributed by atoms with E-state index in [9.17, 15) is 4.79 Å². The number of hydrogen-bond acceptors (Lipinski definition) is 1. The molecule has 2 rings (SSSR count). The van der Waals surface area contributed by atoms with Crippen LogP contribution in [0, 0.1) is 6.92 Å². The molecule has 2 aromatic rings. The van der Waals surface area contributed by atoms with Crippen molar-refractivity contribution in [3.8, 4) is 11.1 Å². The molecular weight excluding hydrogens is 224 g/mol. The molecular formula is C15H18N2O. The summed E-state index contributed by atoms with van der Waals surface area (Å²) in [5.41, 5.74) is 4.14. The zero-order valence-electron chi connectivity index (χ0n) is 11.3. The van der Waals surface area contributed by atoms with Crippen LogP contribution in [0.2, 0.25) is 0 Å². The molecule has 0 N–H and O–H groups in total. The molecule has 0 aliphatic carbocycles. The number of aryl methyl sites for hydroxylation is 2. The molecule has 0 aliphatic rings. The van der Waals surface area contributed by atoms with Crippen molar-refractivity contribution in [1.29, 1.82) is 0 Å². The molecule has 0 atom stereocenters. The first kappa shape index (κ1) is 12.4. The van der Waals surface area contributed by atoms with E-state index in [1.807, 2.05) is 23.9 Å². The zero-order valence-corrected chi connectivity index (χ0v) is 11.3. The quantitative estimate of drug-likeness (QED) is 0.795. The number of benzene rings is 1. The van der Waals surface area contributed by atoms with Gasteiger partial charge in [0.25, 0.3) is 5.91 Å². The molecule has 0 bridgehead atoms. The second-order valence-electron chi connectivity index (χ2n) is 4.79. The van der Waals surface area contributed by atoms with E-state index in [-0.39, 0.29) is 5.91 Å². The summed E-state index contributed by atoms with van der Waals surface area (Å²) in [7, 11) is 5.43. The Bertz CT molecular complexity index is 565. The first-order chi connectivity index (χ1) is 8.49. The Hall–Kier alpha value is -2.03. The van der Waals surface area contributed by atoms with E-state index in [2.05, 4.69) is 31.2 Å². The van der Waals surface area contributed by atoms with Gasteiger partial charge < -0.3 is 9.47 Å². The van der Waals surface area contributed by atoms with Crippen LogP contribution in [0.4, 0.5) is 0 Å². The van der Waals surface area contributed by atoms with Crippen LogP contribution in [-0.2, 0) is 7.05 Å². The molecule has 0 saturated carbocycles. The van der Waals surface area contributed by atoms with Crippen molar-refractivity contribution in [2.24, 2.45) is 7.05 Å². The lowest BCUT2D eigenvalue weighted by Gasteiger charge is -2.10. The highest BCUT2D eigenvalue weighted by atomic mass is 16.2. The number of carbonyl (C=O) groups is 1. The van der Waals surface area contributed by atoms with E-state index in [4.69, 9.17) is 0 Å². The van der Waals surface area contributed by atoms with Gasteiger partial charge in [-0.05, 0) is 18.6 Å². The standard InChI is InChI=1S/C15H18N2O/c1-11-5-7-12(8-6-11)13-9-14(17(4)10-13)15(18)16(2)3/h5-10H,1-4H3. The third kappa shape index (κ3) is 2.30. The highest BCUT2D eigenvalue weighted by Gasteiger charge is 2.14. The summed E-state index contributed by atoms with van der Waals surface area (Å²) in [6.45, 7) is 2.07. The average molecular weight is 242 g/mol. The topological polar surface area (TPSA) is 25.2 Å². The Balaban J connectivity index is 2.40. The van der Waals surface area contributed by atoms with Crippen molar-refractivity contribution < 1.29 is 4.79 Å².